The van der Waals surface area contributed by atoms with Gasteiger partial charge >= 0.3 is 0 Å². The number of carbonyl (C=O) groups is 2. The first-order valence-electron chi connectivity index (χ1n) is 9.19. The normalized spacial score (nSPS) is 14.8. The van der Waals surface area contributed by atoms with E-state index in [1.165, 1.54) is 18.0 Å². The minimum atomic E-state index is -0.821. The number of carbonyl (C=O) groups excluding carboxylic acids is 2. The molecule has 0 fully saturated rings. The van der Waals surface area contributed by atoms with Gasteiger partial charge in [0.1, 0.15) is 5.70 Å². The second-order valence-corrected chi connectivity index (χ2v) is 8.32. The van der Waals surface area contributed by atoms with Crippen LogP contribution in [-0.4, -0.2) is 27.9 Å². The van der Waals surface area contributed by atoms with Crippen molar-refractivity contribution in [3.05, 3.63) is 75.5 Å². The Labute approximate surface area is 196 Å². The molecule has 4 rings (SSSR count). The highest BCUT2D eigenvalue weighted by atomic mass is 35.5. The van der Waals surface area contributed by atoms with Crippen LogP contribution in [0.25, 0.3) is 6.08 Å². The molecule has 11 heteroatoms. The summed E-state index contributed by atoms with van der Waals surface area (Å²) in [4.78, 5) is 31.6. The van der Waals surface area contributed by atoms with Gasteiger partial charge in [-0.3, -0.25) is 14.5 Å². The summed E-state index contributed by atoms with van der Waals surface area (Å²) in [6, 6.07) is 14.0. The van der Waals surface area contributed by atoms with Crippen LogP contribution in [0.1, 0.15) is 16.1 Å². The lowest BCUT2D eigenvalue weighted by molar-refractivity contribution is -0.741. The minimum Gasteiger partial charge on any atom is -0.539 e. The number of aryl methyl sites for hydroxylation is 1. The fourth-order valence-corrected chi connectivity index (χ4v) is 4.22. The zero-order valence-electron chi connectivity index (χ0n) is 16.5. The van der Waals surface area contributed by atoms with Crippen molar-refractivity contribution < 1.29 is 23.9 Å². The number of amidine groups is 1. The number of halogens is 2. The molecule has 0 N–H and O–H groups in total. The molecule has 162 valence electrons. The molecular formula is C21H14Cl2N4O4S. The molecule has 0 bridgehead atoms. The summed E-state index contributed by atoms with van der Waals surface area (Å²) < 4.78 is 5.58. The number of nitrogens with zero attached hydrogens (tertiary/aromatic N) is 4. The first kappa shape index (κ1) is 22.1. The Hall–Kier alpha value is -3.14. The zero-order chi connectivity index (χ0) is 22.8. The summed E-state index contributed by atoms with van der Waals surface area (Å²) in [5.41, 5.74) is 1.06. The molecule has 1 amide bonds. The molecule has 1 aromatic heterocycles. The van der Waals surface area contributed by atoms with E-state index in [4.69, 9.17) is 23.2 Å². The summed E-state index contributed by atoms with van der Waals surface area (Å²) in [7, 11) is 1.44. The van der Waals surface area contributed by atoms with E-state index in [2.05, 4.69) is 14.8 Å². The van der Waals surface area contributed by atoms with Crippen molar-refractivity contribution in [3.8, 4) is 5.95 Å². The number of thioether (sulfide) groups is 1. The zero-order valence-corrected chi connectivity index (χ0v) is 18.8. The van der Waals surface area contributed by atoms with Crippen molar-refractivity contribution in [3.63, 3.8) is 0 Å². The number of anilines is 1. The molecule has 0 saturated carbocycles. The SMILES string of the molecule is C[n+]1noc([O-])c1C(=O)CSC1=N/C(=C/c2cccc(Cl)c2Cl)C(=O)N1c1ccccc1. The lowest BCUT2D eigenvalue weighted by Crippen LogP contribution is -2.38. The topological polar surface area (TPSA) is 103 Å². The van der Waals surface area contributed by atoms with Crippen molar-refractivity contribution in [2.24, 2.45) is 12.0 Å². The van der Waals surface area contributed by atoms with Crippen LogP contribution in [0.3, 0.4) is 0 Å². The van der Waals surface area contributed by atoms with Crippen LogP contribution >= 0.6 is 35.0 Å². The Balaban J connectivity index is 1.67. The molecule has 8 nitrogen and oxygen atoms in total. The number of aromatic nitrogens is 2. The maximum Gasteiger partial charge on any atom is 0.300 e. The van der Waals surface area contributed by atoms with Crippen LogP contribution in [0.4, 0.5) is 5.69 Å². The number of rotatable bonds is 5. The van der Waals surface area contributed by atoms with Gasteiger partial charge in [0.05, 0.1) is 26.8 Å². The van der Waals surface area contributed by atoms with Crippen LogP contribution in [0.2, 0.25) is 10.0 Å². The molecule has 0 aliphatic carbocycles. The maximum absolute atomic E-state index is 13.2. The van der Waals surface area contributed by atoms with Crippen molar-refractivity contribution in [2.75, 3.05) is 10.7 Å². The first-order chi connectivity index (χ1) is 15.4. The average Bonchev–Trinajstić information content (AvgIpc) is 3.28. The number of hydrogen-bond acceptors (Lipinski definition) is 7. The second kappa shape index (κ2) is 9.15. The lowest BCUT2D eigenvalue weighted by atomic mass is 10.2. The molecule has 2 aromatic carbocycles. The first-order valence-corrected chi connectivity index (χ1v) is 10.9. The van der Waals surface area contributed by atoms with Gasteiger partial charge in [0, 0.05) is 0 Å². The summed E-state index contributed by atoms with van der Waals surface area (Å²) in [6.45, 7) is 0. The largest absolute Gasteiger partial charge is 0.539 e. The summed E-state index contributed by atoms with van der Waals surface area (Å²) >= 11 is 13.3. The highest BCUT2D eigenvalue weighted by Gasteiger charge is 2.33. The number of aliphatic imine (C=N–C) groups is 1. The average molecular weight is 489 g/mol. The number of para-hydroxylation sites is 1. The van der Waals surface area contributed by atoms with Gasteiger partial charge in [-0.2, -0.15) is 0 Å². The fraction of sp³-hybridized carbons (Fsp3) is 0.0952. The molecule has 1 aliphatic rings. The molecule has 32 heavy (non-hydrogen) atoms. The van der Waals surface area contributed by atoms with Gasteiger partial charge in [0.15, 0.2) is 18.2 Å². The number of benzene rings is 2. The molecule has 1 aliphatic heterocycles. The highest BCUT2D eigenvalue weighted by molar-refractivity contribution is 8.14. The maximum atomic E-state index is 13.2. The Morgan fingerprint density at radius 2 is 1.97 bits per heavy atom. The number of ketones is 1. The second-order valence-electron chi connectivity index (χ2n) is 6.59. The Bertz CT molecular complexity index is 1250. The summed E-state index contributed by atoms with van der Waals surface area (Å²) in [5, 5.41) is 16.1. The van der Waals surface area contributed by atoms with Gasteiger partial charge in [-0.05, 0) is 29.8 Å². The van der Waals surface area contributed by atoms with Crippen LogP contribution in [0, 0.1) is 0 Å². The van der Waals surface area contributed by atoms with Crippen LogP contribution in [0.5, 0.6) is 5.95 Å². The summed E-state index contributed by atoms with van der Waals surface area (Å²) in [6.07, 6.45) is 1.54. The molecule has 0 unspecified atom stereocenters. The molecule has 0 spiro atoms. The van der Waals surface area contributed by atoms with Gasteiger partial charge in [-0.25, -0.2) is 4.99 Å². The van der Waals surface area contributed by atoms with Gasteiger partial charge < -0.3 is 9.63 Å². The molecular weight excluding hydrogens is 475 g/mol. The van der Waals surface area contributed by atoms with Crippen LogP contribution < -0.4 is 14.7 Å². The van der Waals surface area contributed by atoms with E-state index in [0.717, 1.165) is 16.4 Å². The van der Waals surface area contributed by atoms with Gasteiger partial charge in [0.25, 0.3) is 11.6 Å². The fourth-order valence-electron chi connectivity index (χ4n) is 2.98. The van der Waals surface area contributed by atoms with Crippen LogP contribution in [0.15, 0.2) is 63.7 Å². The van der Waals surface area contributed by atoms with E-state index in [1.54, 1.807) is 42.5 Å². The summed E-state index contributed by atoms with van der Waals surface area (Å²) in [5.74, 6) is -1.85. The van der Waals surface area contributed by atoms with E-state index < -0.39 is 11.7 Å². The van der Waals surface area contributed by atoms with Crippen molar-refractivity contribution in [2.45, 2.75) is 0 Å². The predicted molar refractivity (Wildman–Crippen MR) is 120 cm³/mol. The number of hydrogen-bond donors (Lipinski definition) is 0. The van der Waals surface area contributed by atoms with Crippen LogP contribution in [-0.2, 0) is 11.8 Å². The van der Waals surface area contributed by atoms with Gasteiger partial charge in [-0.1, -0.05) is 70.0 Å². The number of amides is 1. The van der Waals surface area contributed by atoms with Crippen molar-refractivity contribution in [1.29, 1.82) is 0 Å². The molecule has 3 aromatic rings. The number of Topliss-reactive ketones (excluding diaryl/α,β-unsaturated/α-hetero) is 1. The highest BCUT2D eigenvalue weighted by Crippen LogP contribution is 2.32. The van der Waals surface area contributed by atoms with Gasteiger partial charge in [0.2, 0.25) is 5.78 Å². The standard InChI is InChI=1S/C21H14Cl2N4O4S/c1-26-18(20(30)31-25-26)16(28)11-32-21-24-15(10-12-6-5-9-14(22)17(12)23)19(29)27(21)13-7-3-2-4-8-13/h2-10H,11H2,1H3/b15-10+. The Morgan fingerprint density at radius 3 is 2.66 bits per heavy atom. The molecule has 2 heterocycles. The lowest BCUT2D eigenvalue weighted by Gasteiger charge is -2.17. The van der Waals surface area contributed by atoms with E-state index >= 15 is 0 Å². The monoisotopic (exact) mass is 488 g/mol. The Morgan fingerprint density at radius 1 is 1.22 bits per heavy atom. The molecule has 0 radical (unpaired) electrons. The van der Waals surface area contributed by atoms with E-state index in [0.29, 0.717) is 21.3 Å². The molecule has 0 atom stereocenters. The smallest absolute Gasteiger partial charge is 0.300 e. The third kappa shape index (κ3) is 4.27. The Kier molecular flexibility index (Phi) is 6.31. The minimum absolute atomic E-state index is 0.132. The van der Waals surface area contributed by atoms with E-state index in [9.17, 15) is 14.7 Å². The molecule has 0 saturated heterocycles. The van der Waals surface area contributed by atoms with Crippen molar-refractivity contribution in [1.82, 2.24) is 5.27 Å². The van der Waals surface area contributed by atoms with E-state index in [-0.39, 0.29) is 28.2 Å². The quantitative estimate of drug-likeness (QED) is 0.310. The predicted octanol–water partition coefficient (Wildman–Crippen LogP) is 3.24. The van der Waals surface area contributed by atoms with Crippen molar-refractivity contribution >= 4 is 63.6 Å². The van der Waals surface area contributed by atoms with E-state index in [1.807, 2.05) is 6.07 Å². The third-order valence-corrected chi connectivity index (χ3v) is 6.25. The third-order valence-electron chi connectivity index (χ3n) is 4.48. The van der Waals surface area contributed by atoms with Gasteiger partial charge in [-0.15, -0.1) is 0 Å².